The summed E-state index contributed by atoms with van der Waals surface area (Å²) in [4.78, 5) is 2.35. The zero-order valence-corrected chi connectivity index (χ0v) is 25.5. The molecule has 10 aromatic rings. The molecule has 0 amide bonds. The SMILES string of the molecule is CC(C)c1ccc2ccc3c(N(c4cccc5c4oc4ccccc45)c4cccc5c4oc4ccccc45)ccc4ccc1c2c43. The van der Waals surface area contributed by atoms with Crippen molar-refractivity contribution >= 4 is 93.3 Å². The van der Waals surface area contributed by atoms with Crippen LogP contribution in [0, 0.1) is 0 Å². The van der Waals surface area contributed by atoms with E-state index >= 15 is 0 Å². The molecule has 0 bridgehead atoms. The van der Waals surface area contributed by atoms with Gasteiger partial charge in [-0.2, -0.15) is 0 Å². The van der Waals surface area contributed by atoms with E-state index in [-0.39, 0.29) is 0 Å². The van der Waals surface area contributed by atoms with Crippen molar-refractivity contribution < 1.29 is 8.83 Å². The van der Waals surface area contributed by atoms with Crippen LogP contribution in [0.1, 0.15) is 25.3 Å². The van der Waals surface area contributed by atoms with Gasteiger partial charge in [-0.05, 0) is 68.7 Å². The molecule has 0 spiro atoms. The van der Waals surface area contributed by atoms with Gasteiger partial charge in [0, 0.05) is 26.9 Å². The largest absolute Gasteiger partial charge is 0.454 e. The molecule has 0 unspecified atom stereocenters. The molecule has 0 saturated heterocycles. The molecule has 0 N–H and O–H groups in total. The van der Waals surface area contributed by atoms with Crippen molar-refractivity contribution in [2.24, 2.45) is 0 Å². The second-order valence-electron chi connectivity index (χ2n) is 12.7. The quantitative estimate of drug-likeness (QED) is 0.191. The predicted octanol–water partition coefficient (Wildman–Crippen LogP) is 13.0. The Kier molecular flexibility index (Phi) is 5.19. The molecule has 0 atom stereocenters. The molecule has 0 aliphatic rings. The fourth-order valence-corrected chi connectivity index (χ4v) is 7.71. The first-order valence-corrected chi connectivity index (χ1v) is 16.0. The molecule has 10 rings (SSSR count). The van der Waals surface area contributed by atoms with Crippen molar-refractivity contribution in [3.8, 4) is 0 Å². The summed E-state index contributed by atoms with van der Waals surface area (Å²) in [6.07, 6.45) is 0. The van der Waals surface area contributed by atoms with Gasteiger partial charge in [-0.15, -0.1) is 0 Å². The average molecular weight is 592 g/mol. The maximum atomic E-state index is 6.67. The van der Waals surface area contributed by atoms with Crippen LogP contribution in [0.25, 0.3) is 76.2 Å². The standard InChI is InChI=1S/C43H29NO2/c1-25(2)28-21-17-26-19-23-34-35(24-20-27-18-22-31(28)40(26)41(27)34)44(36-13-7-11-32-29-9-3-5-15-38(29)45-42(32)36)37-14-8-12-33-30-10-4-6-16-39(30)46-43(33)37/h3-25H,1-2H3. The van der Waals surface area contributed by atoms with E-state index in [2.05, 4.69) is 128 Å². The van der Waals surface area contributed by atoms with Crippen LogP contribution in [0.3, 0.4) is 0 Å². The molecule has 46 heavy (non-hydrogen) atoms. The van der Waals surface area contributed by atoms with Crippen molar-refractivity contribution in [2.75, 3.05) is 4.90 Å². The maximum Gasteiger partial charge on any atom is 0.159 e. The van der Waals surface area contributed by atoms with Gasteiger partial charge in [-0.1, -0.05) is 117 Å². The molecule has 0 aliphatic carbocycles. The zero-order chi connectivity index (χ0) is 30.5. The zero-order valence-electron chi connectivity index (χ0n) is 25.5. The minimum absolute atomic E-state index is 0.428. The number of anilines is 3. The van der Waals surface area contributed by atoms with E-state index in [1.54, 1.807) is 0 Å². The number of fused-ring (bicyclic) bond motifs is 6. The van der Waals surface area contributed by atoms with E-state index < -0.39 is 0 Å². The molecule has 0 radical (unpaired) electrons. The van der Waals surface area contributed by atoms with Gasteiger partial charge in [-0.3, -0.25) is 0 Å². The van der Waals surface area contributed by atoms with Crippen LogP contribution in [0.15, 0.2) is 142 Å². The smallest absolute Gasteiger partial charge is 0.159 e. The first-order chi connectivity index (χ1) is 22.7. The third-order valence-corrected chi connectivity index (χ3v) is 9.79. The Bertz CT molecular complexity index is 2680. The van der Waals surface area contributed by atoms with Crippen LogP contribution in [0.5, 0.6) is 0 Å². The van der Waals surface area contributed by atoms with Gasteiger partial charge in [0.2, 0.25) is 0 Å². The van der Waals surface area contributed by atoms with E-state index in [1.165, 1.54) is 37.9 Å². The van der Waals surface area contributed by atoms with Crippen molar-refractivity contribution in [3.63, 3.8) is 0 Å². The lowest BCUT2D eigenvalue weighted by atomic mass is 9.88. The van der Waals surface area contributed by atoms with Crippen LogP contribution in [0.2, 0.25) is 0 Å². The monoisotopic (exact) mass is 591 g/mol. The molecule has 218 valence electrons. The van der Waals surface area contributed by atoms with Crippen molar-refractivity contribution in [3.05, 3.63) is 139 Å². The average Bonchev–Trinajstić information content (AvgIpc) is 3.67. The lowest BCUT2D eigenvalue weighted by Crippen LogP contribution is -2.11. The van der Waals surface area contributed by atoms with Crippen molar-refractivity contribution in [2.45, 2.75) is 19.8 Å². The van der Waals surface area contributed by atoms with Crippen molar-refractivity contribution in [1.29, 1.82) is 0 Å². The Morgan fingerprint density at radius 2 is 0.913 bits per heavy atom. The van der Waals surface area contributed by atoms with Gasteiger partial charge in [-0.25, -0.2) is 0 Å². The summed E-state index contributed by atoms with van der Waals surface area (Å²) in [5.74, 6) is 0.428. The maximum absolute atomic E-state index is 6.67. The summed E-state index contributed by atoms with van der Waals surface area (Å²) in [5.41, 5.74) is 7.86. The van der Waals surface area contributed by atoms with Gasteiger partial charge in [0.25, 0.3) is 0 Å². The van der Waals surface area contributed by atoms with E-state index in [4.69, 9.17) is 8.83 Å². The van der Waals surface area contributed by atoms with Crippen LogP contribution < -0.4 is 4.90 Å². The Hall–Kier alpha value is -5.80. The number of para-hydroxylation sites is 4. The van der Waals surface area contributed by atoms with E-state index in [0.29, 0.717) is 5.92 Å². The summed E-state index contributed by atoms with van der Waals surface area (Å²) in [7, 11) is 0. The normalized spacial score (nSPS) is 12.3. The highest BCUT2D eigenvalue weighted by Crippen LogP contribution is 2.49. The first kappa shape index (κ1) is 25.5. The third kappa shape index (κ3) is 3.43. The predicted molar refractivity (Wildman–Crippen MR) is 193 cm³/mol. The number of benzene rings is 8. The lowest BCUT2D eigenvalue weighted by Gasteiger charge is -2.28. The molecule has 3 heteroatoms. The highest BCUT2D eigenvalue weighted by atomic mass is 16.3. The van der Waals surface area contributed by atoms with E-state index in [9.17, 15) is 0 Å². The van der Waals surface area contributed by atoms with Crippen LogP contribution in [0.4, 0.5) is 17.1 Å². The molecule has 2 heterocycles. The van der Waals surface area contributed by atoms with Gasteiger partial charge in [0.05, 0.1) is 17.1 Å². The number of nitrogens with zero attached hydrogens (tertiary/aromatic N) is 1. The number of rotatable bonds is 4. The molecule has 8 aromatic carbocycles. The first-order valence-electron chi connectivity index (χ1n) is 16.0. The summed E-state index contributed by atoms with van der Waals surface area (Å²) >= 11 is 0. The molecular weight excluding hydrogens is 562 g/mol. The summed E-state index contributed by atoms with van der Waals surface area (Å²) in [6.45, 7) is 4.56. The van der Waals surface area contributed by atoms with Crippen LogP contribution in [-0.4, -0.2) is 0 Å². The Balaban J connectivity index is 1.36. The molecule has 0 aliphatic heterocycles. The number of furan rings is 2. The van der Waals surface area contributed by atoms with E-state index in [0.717, 1.165) is 60.9 Å². The van der Waals surface area contributed by atoms with Crippen LogP contribution in [-0.2, 0) is 0 Å². The minimum atomic E-state index is 0.428. The Morgan fingerprint density at radius 1 is 0.413 bits per heavy atom. The number of hydrogen-bond donors (Lipinski definition) is 0. The van der Waals surface area contributed by atoms with Crippen molar-refractivity contribution in [1.82, 2.24) is 0 Å². The Labute approximate surface area is 265 Å². The number of hydrogen-bond acceptors (Lipinski definition) is 3. The van der Waals surface area contributed by atoms with Gasteiger partial charge in [0.15, 0.2) is 11.2 Å². The molecular formula is C43H29NO2. The highest BCUT2D eigenvalue weighted by molar-refractivity contribution is 6.27. The third-order valence-electron chi connectivity index (χ3n) is 9.79. The molecule has 2 aromatic heterocycles. The summed E-state index contributed by atoms with van der Waals surface area (Å²) in [6, 6.07) is 47.8. The fraction of sp³-hybridized carbons (Fsp3) is 0.0698. The second kappa shape index (κ2) is 9.35. The van der Waals surface area contributed by atoms with E-state index in [1.807, 2.05) is 24.3 Å². The summed E-state index contributed by atoms with van der Waals surface area (Å²) in [5, 5.41) is 12.0. The van der Waals surface area contributed by atoms with Gasteiger partial charge < -0.3 is 13.7 Å². The van der Waals surface area contributed by atoms with Gasteiger partial charge in [0.1, 0.15) is 11.2 Å². The lowest BCUT2D eigenvalue weighted by molar-refractivity contribution is 0.666. The highest BCUT2D eigenvalue weighted by Gasteiger charge is 2.25. The second-order valence-corrected chi connectivity index (χ2v) is 12.7. The molecule has 3 nitrogen and oxygen atoms in total. The van der Waals surface area contributed by atoms with Gasteiger partial charge >= 0.3 is 0 Å². The molecule has 0 saturated carbocycles. The van der Waals surface area contributed by atoms with Crippen LogP contribution >= 0.6 is 0 Å². The topological polar surface area (TPSA) is 29.5 Å². The summed E-state index contributed by atoms with van der Waals surface area (Å²) < 4.78 is 13.3. The minimum Gasteiger partial charge on any atom is -0.454 e. The fourth-order valence-electron chi connectivity index (χ4n) is 7.71. The molecule has 0 fully saturated rings. The Morgan fingerprint density at radius 3 is 1.52 bits per heavy atom.